The van der Waals surface area contributed by atoms with E-state index < -0.39 is 12.8 Å². The van der Waals surface area contributed by atoms with E-state index in [1.807, 2.05) is 19.9 Å². The lowest BCUT2D eigenvalue weighted by molar-refractivity contribution is -0.153. The van der Waals surface area contributed by atoms with Gasteiger partial charge in [0.15, 0.2) is 12.3 Å². The van der Waals surface area contributed by atoms with Crippen molar-refractivity contribution in [1.29, 1.82) is 0 Å². The third-order valence-electron chi connectivity index (χ3n) is 6.64. The topological polar surface area (TPSA) is 105 Å². The number of nitrogens with zero attached hydrogens (tertiary/aromatic N) is 6. The molecular formula is C28H34F3N7O3. The fourth-order valence-corrected chi connectivity index (χ4v) is 4.29. The Morgan fingerprint density at radius 3 is 2.29 bits per heavy atom. The number of amides is 2. The predicted octanol–water partition coefficient (Wildman–Crippen LogP) is 3.31. The number of pyridine rings is 1. The van der Waals surface area contributed by atoms with Crippen LogP contribution in [-0.2, 0) is 13.1 Å². The van der Waals surface area contributed by atoms with Crippen molar-refractivity contribution in [2.45, 2.75) is 40.0 Å². The average molecular weight is 574 g/mol. The lowest BCUT2D eigenvalue weighted by atomic mass is 10.2. The maximum atomic E-state index is 13.2. The van der Waals surface area contributed by atoms with Crippen LogP contribution in [0.4, 0.5) is 13.2 Å². The summed E-state index contributed by atoms with van der Waals surface area (Å²) in [7, 11) is 0. The van der Waals surface area contributed by atoms with Crippen LogP contribution in [0.3, 0.4) is 0 Å². The summed E-state index contributed by atoms with van der Waals surface area (Å²) in [5.74, 6) is 0.109. The lowest BCUT2D eigenvalue weighted by Crippen LogP contribution is -2.48. The number of carbonyl (C=O) groups is 2. The Balaban J connectivity index is 1.27. The van der Waals surface area contributed by atoms with Crippen molar-refractivity contribution in [3.05, 3.63) is 70.8 Å². The van der Waals surface area contributed by atoms with Gasteiger partial charge in [0, 0.05) is 45.5 Å². The largest absolute Gasteiger partial charge is 0.484 e. The summed E-state index contributed by atoms with van der Waals surface area (Å²) in [4.78, 5) is 33.6. The highest BCUT2D eigenvalue weighted by Crippen LogP contribution is 2.20. The van der Waals surface area contributed by atoms with Gasteiger partial charge in [0.1, 0.15) is 11.4 Å². The maximum absolute atomic E-state index is 13.2. The number of carbonyl (C=O) groups excluding carboxylic acids is 2. The fraction of sp³-hybridized carbons (Fsp3) is 0.464. The first kappa shape index (κ1) is 30.0. The van der Waals surface area contributed by atoms with Gasteiger partial charge in [-0.2, -0.15) is 13.2 Å². The Kier molecular flexibility index (Phi) is 9.58. The molecule has 1 aliphatic rings. The second-order valence-electron chi connectivity index (χ2n) is 10.5. The van der Waals surface area contributed by atoms with E-state index in [0.29, 0.717) is 68.8 Å². The first-order valence-corrected chi connectivity index (χ1v) is 13.4. The molecule has 0 spiro atoms. The molecule has 1 aliphatic heterocycles. The molecule has 0 atom stereocenters. The molecule has 0 bridgehead atoms. The molecule has 220 valence electrons. The summed E-state index contributed by atoms with van der Waals surface area (Å²) in [5.41, 5.74) is 3.05. The second-order valence-corrected chi connectivity index (χ2v) is 10.5. The lowest BCUT2D eigenvalue weighted by Gasteiger charge is -2.34. The number of nitrogens with one attached hydrogen (secondary N) is 1. The number of ether oxygens (including phenoxy) is 1. The molecule has 3 aromatic rings. The van der Waals surface area contributed by atoms with Gasteiger partial charge in [-0.25, -0.2) is 4.68 Å². The van der Waals surface area contributed by atoms with E-state index in [2.05, 4.69) is 25.5 Å². The highest BCUT2D eigenvalue weighted by Gasteiger charge is 2.29. The number of aromatic nitrogens is 4. The molecule has 1 fully saturated rings. The number of benzene rings is 1. The van der Waals surface area contributed by atoms with Crippen LogP contribution in [0.2, 0.25) is 0 Å². The quantitative estimate of drug-likeness (QED) is 0.397. The van der Waals surface area contributed by atoms with Crippen LogP contribution < -0.4 is 10.1 Å². The van der Waals surface area contributed by atoms with Gasteiger partial charge in [-0.05, 0) is 42.2 Å². The van der Waals surface area contributed by atoms with Crippen molar-refractivity contribution in [3.8, 4) is 5.75 Å². The van der Waals surface area contributed by atoms with Crippen LogP contribution in [0.15, 0.2) is 42.6 Å². The minimum atomic E-state index is -4.38. The predicted molar refractivity (Wildman–Crippen MR) is 144 cm³/mol. The summed E-state index contributed by atoms with van der Waals surface area (Å²) < 4.78 is 43.4. The van der Waals surface area contributed by atoms with Crippen molar-refractivity contribution in [2.75, 3.05) is 39.3 Å². The van der Waals surface area contributed by atoms with Crippen molar-refractivity contribution >= 4 is 11.8 Å². The van der Waals surface area contributed by atoms with Gasteiger partial charge >= 0.3 is 6.18 Å². The second kappa shape index (κ2) is 13.1. The number of hydrogen-bond donors (Lipinski definition) is 1. The molecule has 0 saturated carbocycles. The van der Waals surface area contributed by atoms with Crippen LogP contribution >= 0.6 is 0 Å². The zero-order chi connectivity index (χ0) is 29.6. The summed E-state index contributed by atoms with van der Waals surface area (Å²) in [6, 6.07) is 10.0. The molecular weight excluding hydrogens is 539 g/mol. The molecule has 0 radical (unpaired) electrons. The van der Waals surface area contributed by atoms with Crippen LogP contribution in [0.25, 0.3) is 0 Å². The zero-order valence-electron chi connectivity index (χ0n) is 23.3. The van der Waals surface area contributed by atoms with E-state index in [1.54, 1.807) is 40.9 Å². The molecule has 1 N–H and O–H groups in total. The first-order valence-electron chi connectivity index (χ1n) is 13.4. The van der Waals surface area contributed by atoms with Gasteiger partial charge in [0.05, 0.1) is 12.2 Å². The van der Waals surface area contributed by atoms with Gasteiger partial charge in [0.25, 0.3) is 11.8 Å². The van der Waals surface area contributed by atoms with Crippen LogP contribution in [0.1, 0.15) is 51.6 Å². The van der Waals surface area contributed by atoms with Gasteiger partial charge in [0.2, 0.25) is 0 Å². The summed E-state index contributed by atoms with van der Waals surface area (Å²) in [5, 5.41) is 11.1. The van der Waals surface area contributed by atoms with E-state index in [0.717, 1.165) is 11.1 Å². The maximum Gasteiger partial charge on any atom is 0.422 e. The molecule has 1 aromatic carbocycles. The van der Waals surface area contributed by atoms with Crippen molar-refractivity contribution in [3.63, 3.8) is 0 Å². The van der Waals surface area contributed by atoms with Crippen LogP contribution in [0.5, 0.6) is 5.75 Å². The number of hydrogen-bond acceptors (Lipinski definition) is 7. The highest BCUT2D eigenvalue weighted by atomic mass is 19.4. The summed E-state index contributed by atoms with van der Waals surface area (Å²) >= 11 is 0. The zero-order valence-corrected chi connectivity index (χ0v) is 23.3. The number of rotatable bonds is 10. The standard InChI is InChI=1S/C28H34F3N7O3/c1-19(2)14-33-26(39)24-9-6-22(15-32-24)17-38-20(3)25(34-35-38)27(40)37-12-10-36(11-13-37)16-21-4-7-23(8-5-21)41-18-28(29,30)31/h4-9,15,19H,10-14,16-18H2,1-3H3,(H,33,39). The summed E-state index contributed by atoms with van der Waals surface area (Å²) in [6.45, 7) is 8.39. The third kappa shape index (κ3) is 8.49. The van der Waals surface area contributed by atoms with E-state index in [9.17, 15) is 22.8 Å². The molecule has 1 saturated heterocycles. The Morgan fingerprint density at radius 2 is 1.68 bits per heavy atom. The van der Waals surface area contributed by atoms with E-state index in [4.69, 9.17) is 4.74 Å². The van der Waals surface area contributed by atoms with E-state index >= 15 is 0 Å². The molecule has 4 rings (SSSR count). The van der Waals surface area contributed by atoms with Gasteiger partial charge in [-0.3, -0.25) is 19.5 Å². The molecule has 0 aliphatic carbocycles. The average Bonchev–Trinajstić information content (AvgIpc) is 3.30. The molecule has 2 aromatic heterocycles. The highest BCUT2D eigenvalue weighted by molar-refractivity contribution is 5.93. The fourth-order valence-electron chi connectivity index (χ4n) is 4.29. The first-order chi connectivity index (χ1) is 19.5. The Morgan fingerprint density at radius 1 is 1.00 bits per heavy atom. The number of alkyl halides is 3. The molecule has 10 nitrogen and oxygen atoms in total. The minimum Gasteiger partial charge on any atom is -0.484 e. The normalized spacial score (nSPS) is 14.4. The molecule has 2 amide bonds. The Bertz CT molecular complexity index is 1320. The monoisotopic (exact) mass is 573 g/mol. The molecule has 0 unspecified atom stereocenters. The van der Waals surface area contributed by atoms with Gasteiger partial charge < -0.3 is 15.0 Å². The van der Waals surface area contributed by atoms with Gasteiger partial charge in [-0.1, -0.05) is 37.3 Å². The van der Waals surface area contributed by atoms with Crippen LogP contribution in [0, 0.1) is 12.8 Å². The Labute approximate surface area is 236 Å². The molecule has 13 heteroatoms. The van der Waals surface area contributed by atoms with Crippen LogP contribution in [-0.4, -0.2) is 87.1 Å². The number of piperazine rings is 1. The van der Waals surface area contributed by atoms with Crippen molar-refractivity contribution < 1.29 is 27.5 Å². The third-order valence-corrected chi connectivity index (χ3v) is 6.64. The smallest absolute Gasteiger partial charge is 0.422 e. The van der Waals surface area contributed by atoms with Gasteiger partial charge in [-0.15, -0.1) is 5.10 Å². The minimum absolute atomic E-state index is 0.169. The molecule has 41 heavy (non-hydrogen) atoms. The summed E-state index contributed by atoms with van der Waals surface area (Å²) in [6.07, 6.45) is -2.76. The number of halogens is 3. The molecule has 3 heterocycles. The van der Waals surface area contributed by atoms with Crippen molar-refractivity contribution in [1.82, 2.24) is 35.1 Å². The van der Waals surface area contributed by atoms with Crippen molar-refractivity contribution in [2.24, 2.45) is 5.92 Å². The van der Waals surface area contributed by atoms with E-state index in [1.165, 1.54) is 12.1 Å². The van der Waals surface area contributed by atoms with E-state index in [-0.39, 0.29) is 17.6 Å². The Hall–Kier alpha value is -4.00. The SMILES string of the molecule is Cc1c(C(=O)N2CCN(Cc3ccc(OCC(F)(F)F)cc3)CC2)nnn1Cc1ccc(C(=O)NCC(C)C)nc1.